The number of anilines is 1. The van der Waals surface area contributed by atoms with E-state index in [9.17, 15) is 0 Å². The lowest BCUT2D eigenvalue weighted by Crippen LogP contribution is -2.28. The number of nitrogens with one attached hydrogen (secondary N) is 1. The van der Waals surface area contributed by atoms with E-state index in [1.165, 1.54) is 11.3 Å². The summed E-state index contributed by atoms with van der Waals surface area (Å²) in [6.45, 7) is 1.59. The van der Waals surface area contributed by atoms with E-state index in [0.717, 1.165) is 42.3 Å². The van der Waals surface area contributed by atoms with Crippen molar-refractivity contribution in [2.45, 2.75) is 18.9 Å². The Morgan fingerprint density at radius 2 is 2.21 bits per heavy atom. The highest BCUT2D eigenvalue weighted by Gasteiger charge is 2.17. The molecular formula is C12H13ClN4OS. The van der Waals surface area contributed by atoms with Crippen LogP contribution in [0.4, 0.5) is 5.69 Å². The first-order valence-electron chi connectivity index (χ1n) is 6.09. The lowest BCUT2D eigenvalue weighted by atomic mass is 10.1. The average Bonchev–Trinajstić information content (AvgIpc) is 2.94. The number of aromatic nitrogens is 3. The molecule has 0 atom stereocenters. The summed E-state index contributed by atoms with van der Waals surface area (Å²) in [6.07, 6.45) is 3.73. The summed E-state index contributed by atoms with van der Waals surface area (Å²) in [6, 6.07) is 2.24. The highest BCUT2D eigenvalue weighted by molar-refractivity contribution is 7.12. The molecule has 0 saturated carbocycles. The number of nitrogens with zero attached hydrogens (tertiary/aromatic N) is 3. The van der Waals surface area contributed by atoms with Gasteiger partial charge in [0.1, 0.15) is 10.7 Å². The Labute approximate surface area is 120 Å². The summed E-state index contributed by atoms with van der Waals surface area (Å²) < 4.78 is 5.36. The zero-order chi connectivity index (χ0) is 13.1. The SMILES string of the molecule is Clc1cc(NC2CCOCC2)c(-c2nncs2)cn1. The molecule has 1 fully saturated rings. The molecule has 1 N–H and O–H groups in total. The van der Waals surface area contributed by atoms with Gasteiger partial charge in [0.15, 0.2) is 5.01 Å². The Morgan fingerprint density at radius 1 is 1.37 bits per heavy atom. The Morgan fingerprint density at radius 3 is 2.95 bits per heavy atom. The van der Waals surface area contributed by atoms with Gasteiger partial charge < -0.3 is 10.1 Å². The third-order valence-electron chi connectivity index (χ3n) is 3.04. The maximum atomic E-state index is 5.99. The average molecular weight is 297 g/mol. The van der Waals surface area contributed by atoms with Gasteiger partial charge in [-0.3, -0.25) is 0 Å². The number of hydrogen-bond donors (Lipinski definition) is 1. The second-order valence-electron chi connectivity index (χ2n) is 4.33. The van der Waals surface area contributed by atoms with E-state index in [1.807, 2.05) is 6.07 Å². The van der Waals surface area contributed by atoms with E-state index in [1.54, 1.807) is 11.7 Å². The quantitative estimate of drug-likeness (QED) is 0.883. The summed E-state index contributed by atoms with van der Waals surface area (Å²) in [7, 11) is 0. The third kappa shape index (κ3) is 3.02. The number of hydrogen-bond acceptors (Lipinski definition) is 6. The van der Waals surface area contributed by atoms with Crippen LogP contribution < -0.4 is 5.32 Å². The first-order valence-corrected chi connectivity index (χ1v) is 7.35. The number of ether oxygens (including phenoxy) is 1. The van der Waals surface area contributed by atoms with Crippen LogP contribution in [0.1, 0.15) is 12.8 Å². The monoisotopic (exact) mass is 296 g/mol. The molecule has 5 nitrogen and oxygen atoms in total. The molecule has 3 heterocycles. The van der Waals surface area contributed by atoms with Crippen molar-refractivity contribution < 1.29 is 4.74 Å². The van der Waals surface area contributed by atoms with Crippen LogP contribution in [0.25, 0.3) is 10.6 Å². The van der Waals surface area contributed by atoms with Crippen LogP contribution in [0.15, 0.2) is 17.8 Å². The van der Waals surface area contributed by atoms with Crippen molar-refractivity contribution in [3.05, 3.63) is 22.9 Å². The zero-order valence-electron chi connectivity index (χ0n) is 10.2. The second kappa shape index (κ2) is 5.81. The fourth-order valence-electron chi connectivity index (χ4n) is 2.07. The molecule has 19 heavy (non-hydrogen) atoms. The fourth-order valence-corrected chi connectivity index (χ4v) is 2.81. The van der Waals surface area contributed by atoms with Crippen molar-refractivity contribution in [1.82, 2.24) is 15.2 Å². The number of rotatable bonds is 3. The smallest absolute Gasteiger partial charge is 0.151 e. The van der Waals surface area contributed by atoms with Crippen LogP contribution in [0.3, 0.4) is 0 Å². The maximum absolute atomic E-state index is 5.99. The lowest BCUT2D eigenvalue weighted by Gasteiger charge is -2.25. The van der Waals surface area contributed by atoms with Gasteiger partial charge in [0.2, 0.25) is 0 Å². The minimum absolute atomic E-state index is 0.402. The van der Waals surface area contributed by atoms with Crippen LogP contribution in [-0.4, -0.2) is 34.4 Å². The molecule has 3 rings (SSSR count). The van der Waals surface area contributed by atoms with Gasteiger partial charge in [-0.15, -0.1) is 10.2 Å². The molecule has 0 bridgehead atoms. The predicted octanol–water partition coefficient (Wildman–Crippen LogP) is 2.84. The molecule has 1 aliphatic heterocycles. The van der Waals surface area contributed by atoms with Gasteiger partial charge in [-0.05, 0) is 18.9 Å². The molecule has 0 aromatic carbocycles. The molecule has 7 heteroatoms. The highest BCUT2D eigenvalue weighted by Crippen LogP contribution is 2.31. The zero-order valence-corrected chi connectivity index (χ0v) is 11.7. The van der Waals surface area contributed by atoms with E-state index in [2.05, 4.69) is 20.5 Å². The molecule has 0 radical (unpaired) electrons. The summed E-state index contributed by atoms with van der Waals surface area (Å²) in [5, 5.41) is 12.8. The Hall–Kier alpha value is -1.24. The van der Waals surface area contributed by atoms with E-state index in [4.69, 9.17) is 16.3 Å². The van der Waals surface area contributed by atoms with Gasteiger partial charge in [-0.1, -0.05) is 22.9 Å². The normalized spacial score (nSPS) is 16.5. The first kappa shape index (κ1) is 12.8. The Kier molecular flexibility index (Phi) is 3.91. The number of pyridine rings is 1. The number of halogens is 1. The fraction of sp³-hybridized carbons (Fsp3) is 0.417. The van der Waals surface area contributed by atoms with Gasteiger partial charge in [-0.25, -0.2) is 4.98 Å². The first-order chi connectivity index (χ1) is 9.33. The molecular weight excluding hydrogens is 284 g/mol. The highest BCUT2D eigenvalue weighted by atomic mass is 35.5. The van der Waals surface area contributed by atoms with Crippen molar-refractivity contribution in [3.63, 3.8) is 0 Å². The lowest BCUT2D eigenvalue weighted by molar-refractivity contribution is 0.0904. The van der Waals surface area contributed by atoms with Crippen LogP contribution >= 0.6 is 22.9 Å². The summed E-state index contributed by atoms with van der Waals surface area (Å²) in [5.41, 5.74) is 3.62. The Bertz CT molecular complexity index is 543. The van der Waals surface area contributed by atoms with Crippen LogP contribution in [0.5, 0.6) is 0 Å². The van der Waals surface area contributed by atoms with Gasteiger partial charge in [0.25, 0.3) is 0 Å². The molecule has 2 aromatic heterocycles. The molecule has 0 amide bonds. The largest absolute Gasteiger partial charge is 0.381 e. The molecule has 2 aromatic rings. The third-order valence-corrected chi connectivity index (χ3v) is 3.97. The van der Waals surface area contributed by atoms with Gasteiger partial charge in [-0.2, -0.15) is 0 Å². The minimum Gasteiger partial charge on any atom is -0.381 e. The van der Waals surface area contributed by atoms with Gasteiger partial charge in [0.05, 0.1) is 5.56 Å². The second-order valence-corrected chi connectivity index (χ2v) is 5.55. The summed E-state index contributed by atoms with van der Waals surface area (Å²) in [5.74, 6) is 0. The molecule has 100 valence electrons. The molecule has 0 unspecified atom stereocenters. The van der Waals surface area contributed by atoms with Crippen molar-refractivity contribution in [1.29, 1.82) is 0 Å². The van der Waals surface area contributed by atoms with E-state index < -0.39 is 0 Å². The van der Waals surface area contributed by atoms with E-state index >= 15 is 0 Å². The summed E-state index contributed by atoms with van der Waals surface area (Å²) in [4.78, 5) is 4.13. The van der Waals surface area contributed by atoms with Crippen molar-refractivity contribution in [2.75, 3.05) is 18.5 Å². The molecule has 1 aliphatic rings. The standard InChI is InChI=1S/C12H13ClN4OS/c13-11-5-10(16-8-1-3-18-4-2-8)9(6-14-11)12-17-15-7-19-12/h5-8H,1-4H2,(H,14,16). The van der Waals surface area contributed by atoms with E-state index in [-0.39, 0.29) is 0 Å². The maximum Gasteiger partial charge on any atom is 0.151 e. The van der Waals surface area contributed by atoms with Crippen molar-refractivity contribution in [3.8, 4) is 10.6 Å². The van der Waals surface area contributed by atoms with E-state index in [0.29, 0.717) is 11.2 Å². The van der Waals surface area contributed by atoms with Crippen molar-refractivity contribution in [2.24, 2.45) is 0 Å². The van der Waals surface area contributed by atoms with Crippen LogP contribution in [-0.2, 0) is 4.74 Å². The van der Waals surface area contributed by atoms with Crippen LogP contribution in [0, 0.1) is 0 Å². The van der Waals surface area contributed by atoms with Gasteiger partial charge in [0, 0.05) is 31.1 Å². The predicted molar refractivity (Wildman–Crippen MR) is 75.6 cm³/mol. The van der Waals surface area contributed by atoms with Crippen LogP contribution in [0.2, 0.25) is 5.15 Å². The molecule has 0 spiro atoms. The summed E-state index contributed by atoms with van der Waals surface area (Å²) >= 11 is 7.48. The molecule has 0 aliphatic carbocycles. The Balaban J connectivity index is 1.88. The van der Waals surface area contributed by atoms with Gasteiger partial charge >= 0.3 is 0 Å². The minimum atomic E-state index is 0.402. The molecule has 1 saturated heterocycles. The van der Waals surface area contributed by atoms with Crippen molar-refractivity contribution >= 4 is 28.6 Å². The topological polar surface area (TPSA) is 59.9 Å².